The summed E-state index contributed by atoms with van der Waals surface area (Å²) in [7, 11) is 1.60. The standard InChI is InChI=1S/C22H23N3O5/c1-4-30-22(26)12-15(2)24-21(16-8-10-19(29-3)11-9-16)14-20(23-24)17-6-5-7-18(13-17)25(27)28/h5-13,21H,4,14H2,1-3H3/t21-/m0/s1. The van der Waals surface area contributed by atoms with Crippen LogP contribution >= 0.6 is 0 Å². The van der Waals surface area contributed by atoms with Crippen LogP contribution in [0.5, 0.6) is 5.75 Å². The van der Waals surface area contributed by atoms with E-state index >= 15 is 0 Å². The third-order valence-electron chi connectivity index (χ3n) is 4.78. The van der Waals surface area contributed by atoms with E-state index < -0.39 is 10.9 Å². The van der Waals surface area contributed by atoms with Gasteiger partial charge in [-0.25, -0.2) is 4.79 Å². The summed E-state index contributed by atoms with van der Waals surface area (Å²) in [4.78, 5) is 22.7. The zero-order valence-electron chi connectivity index (χ0n) is 17.1. The Kier molecular flexibility index (Phi) is 6.46. The first-order chi connectivity index (χ1) is 14.4. The van der Waals surface area contributed by atoms with Crippen LogP contribution in [-0.2, 0) is 9.53 Å². The Hall–Kier alpha value is -3.68. The van der Waals surface area contributed by atoms with Gasteiger partial charge in [0.2, 0.25) is 0 Å². The lowest BCUT2D eigenvalue weighted by Crippen LogP contribution is -2.18. The van der Waals surface area contributed by atoms with E-state index in [1.54, 1.807) is 38.1 Å². The zero-order valence-corrected chi connectivity index (χ0v) is 17.1. The topological polar surface area (TPSA) is 94.3 Å². The van der Waals surface area contributed by atoms with Crippen molar-refractivity contribution in [1.82, 2.24) is 5.01 Å². The Morgan fingerprint density at radius 3 is 2.67 bits per heavy atom. The molecule has 8 nitrogen and oxygen atoms in total. The molecule has 3 rings (SSSR count). The number of nitro groups is 1. The van der Waals surface area contributed by atoms with Gasteiger partial charge in [0, 0.05) is 35.9 Å². The molecule has 2 aromatic carbocycles. The second kappa shape index (κ2) is 9.21. The lowest BCUT2D eigenvalue weighted by atomic mass is 9.98. The number of non-ortho nitro benzene ring substituents is 1. The van der Waals surface area contributed by atoms with Crippen molar-refractivity contribution >= 4 is 17.4 Å². The number of carbonyl (C=O) groups excluding carboxylic acids is 1. The molecule has 0 bridgehead atoms. The number of hydrogen-bond donors (Lipinski definition) is 0. The highest BCUT2D eigenvalue weighted by atomic mass is 16.6. The zero-order chi connectivity index (χ0) is 21.7. The molecule has 1 aliphatic rings. The molecule has 0 fully saturated rings. The molecule has 2 aromatic rings. The number of nitro benzene ring substituents is 1. The summed E-state index contributed by atoms with van der Waals surface area (Å²) in [6.07, 6.45) is 1.93. The van der Waals surface area contributed by atoms with Crippen molar-refractivity contribution in [2.75, 3.05) is 13.7 Å². The molecule has 0 amide bonds. The molecule has 8 heteroatoms. The van der Waals surface area contributed by atoms with Crippen molar-refractivity contribution in [2.45, 2.75) is 26.3 Å². The first-order valence-electron chi connectivity index (χ1n) is 9.53. The maximum Gasteiger partial charge on any atom is 0.332 e. The highest BCUT2D eigenvalue weighted by Gasteiger charge is 2.30. The molecule has 1 atom stereocenters. The molecule has 0 saturated heterocycles. The summed E-state index contributed by atoms with van der Waals surface area (Å²) < 4.78 is 10.2. The molecule has 0 N–H and O–H groups in total. The molecule has 1 aliphatic heterocycles. The van der Waals surface area contributed by atoms with Gasteiger partial charge in [0.1, 0.15) is 5.75 Å². The van der Waals surface area contributed by atoms with Crippen molar-refractivity contribution in [3.05, 3.63) is 81.5 Å². The second-order valence-electron chi connectivity index (χ2n) is 6.73. The maximum atomic E-state index is 11.9. The summed E-state index contributed by atoms with van der Waals surface area (Å²) >= 11 is 0. The van der Waals surface area contributed by atoms with E-state index in [4.69, 9.17) is 14.6 Å². The van der Waals surface area contributed by atoms with E-state index in [1.165, 1.54) is 18.2 Å². The quantitative estimate of drug-likeness (QED) is 0.294. The van der Waals surface area contributed by atoms with Gasteiger partial charge >= 0.3 is 5.97 Å². The predicted molar refractivity (Wildman–Crippen MR) is 112 cm³/mol. The number of hydrazone groups is 1. The molecule has 0 saturated carbocycles. The Morgan fingerprint density at radius 1 is 1.30 bits per heavy atom. The molecular formula is C22H23N3O5. The minimum absolute atomic E-state index is 0.00781. The molecule has 0 radical (unpaired) electrons. The molecule has 0 unspecified atom stereocenters. The molecule has 1 heterocycles. The summed E-state index contributed by atoms with van der Waals surface area (Å²) in [5.41, 5.74) is 2.99. The molecular weight excluding hydrogens is 386 g/mol. The fraction of sp³-hybridized carbons (Fsp3) is 0.273. The van der Waals surface area contributed by atoms with Crippen LogP contribution in [-0.4, -0.2) is 35.3 Å². The smallest absolute Gasteiger partial charge is 0.332 e. The Bertz CT molecular complexity index is 998. The van der Waals surface area contributed by atoms with Gasteiger partial charge in [0.05, 0.1) is 30.4 Å². The predicted octanol–water partition coefficient (Wildman–Crippen LogP) is 4.22. The number of nitrogens with zero attached hydrogens (tertiary/aromatic N) is 3. The normalized spacial score (nSPS) is 16.2. The maximum absolute atomic E-state index is 11.9. The van der Waals surface area contributed by atoms with Gasteiger partial charge in [-0.15, -0.1) is 0 Å². The third-order valence-corrected chi connectivity index (χ3v) is 4.78. The average molecular weight is 409 g/mol. The number of hydrogen-bond acceptors (Lipinski definition) is 7. The highest BCUT2D eigenvalue weighted by molar-refractivity contribution is 6.02. The largest absolute Gasteiger partial charge is 0.497 e. The van der Waals surface area contributed by atoms with Gasteiger partial charge in [0.15, 0.2) is 0 Å². The Labute approximate surface area is 174 Å². The SMILES string of the molecule is CCOC(=O)C=C(C)N1N=C(c2cccc([N+](=O)[O-])c2)C[C@H]1c1ccc(OC)cc1. The Balaban J connectivity index is 1.98. The number of rotatable bonds is 7. The van der Waals surface area contributed by atoms with Gasteiger partial charge in [-0.2, -0.15) is 5.10 Å². The number of benzene rings is 2. The van der Waals surface area contributed by atoms with Crippen LogP contribution < -0.4 is 4.74 Å². The fourth-order valence-corrected chi connectivity index (χ4v) is 3.32. The number of carbonyl (C=O) groups is 1. The fourth-order valence-electron chi connectivity index (χ4n) is 3.32. The van der Waals surface area contributed by atoms with Gasteiger partial charge in [-0.3, -0.25) is 15.1 Å². The monoisotopic (exact) mass is 409 g/mol. The van der Waals surface area contributed by atoms with Gasteiger partial charge in [-0.1, -0.05) is 24.3 Å². The van der Waals surface area contributed by atoms with E-state index in [1.807, 2.05) is 24.3 Å². The van der Waals surface area contributed by atoms with Crippen LogP contribution in [0.25, 0.3) is 0 Å². The number of esters is 1. The van der Waals surface area contributed by atoms with Crippen molar-refractivity contribution in [3.8, 4) is 5.75 Å². The summed E-state index contributed by atoms with van der Waals surface area (Å²) in [5.74, 6) is 0.296. The third kappa shape index (κ3) is 4.65. The lowest BCUT2D eigenvalue weighted by Gasteiger charge is -2.24. The molecule has 0 aromatic heterocycles. The molecule has 30 heavy (non-hydrogen) atoms. The first kappa shape index (κ1) is 21.0. The van der Waals surface area contributed by atoms with Gasteiger partial charge in [-0.05, 0) is 31.5 Å². The Morgan fingerprint density at radius 2 is 2.03 bits per heavy atom. The van der Waals surface area contributed by atoms with Crippen molar-refractivity contribution < 1.29 is 19.2 Å². The average Bonchev–Trinajstić information content (AvgIpc) is 3.20. The minimum atomic E-state index is -0.442. The van der Waals surface area contributed by atoms with Crippen LogP contribution in [0, 0.1) is 10.1 Å². The highest BCUT2D eigenvalue weighted by Crippen LogP contribution is 2.36. The summed E-state index contributed by atoms with van der Waals surface area (Å²) in [6.45, 7) is 3.82. The van der Waals surface area contributed by atoms with E-state index in [9.17, 15) is 14.9 Å². The first-order valence-corrected chi connectivity index (χ1v) is 9.53. The number of allylic oxidation sites excluding steroid dienone is 1. The van der Waals surface area contributed by atoms with Crippen LogP contribution in [0.3, 0.4) is 0 Å². The molecule has 156 valence electrons. The van der Waals surface area contributed by atoms with Crippen molar-refractivity contribution in [1.29, 1.82) is 0 Å². The van der Waals surface area contributed by atoms with Crippen LogP contribution in [0.15, 0.2) is 65.4 Å². The molecule has 0 spiro atoms. The number of ether oxygens (including phenoxy) is 2. The van der Waals surface area contributed by atoms with E-state index in [2.05, 4.69) is 0 Å². The van der Waals surface area contributed by atoms with Gasteiger partial charge < -0.3 is 9.47 Å². The molecule has 0 aliphatic carbocycles. The van der Waals surface area contributed by atoms with E-state index in [-0.39, 0.29) is 18.3 Å². The van der Waals surface area contributed by atoms with Crippen LogP contribution in [0.1, 0.15) is 37.4 Å². The van der Waals surface area contributed by atoms with Gasteiger partial charge in [0.25, 0.3) is 5.69 Å². The minimum Gasteiger partial charge on any atom is -0.497 e. The van der Waals surface area contributed by atoms with Crippen molar-refractivity contribution in [3.63, 3.8) is 0 Å². The summed E-state index contributed by atoms with van der Waals surface area (Å²) in [5, 5.41) is 17.6. The lowest BCUT2D eigenvalue weighted by molar-refractivity contribution is -0.384. The van der Waals surface area contributed by atoms with Crippen molar-refractivity contribution in [2.24, 2.45) is 5.10 Å². The summed E-state index contributed by atoms with van der Waals surface area (Å²) in [6, 6.07) is 13.8. The van der Waals surface area contributed by atoms with Crippen LogP contribution in [0.2, 0.25) is 0 Å². The number of methoxy groups -OCH3 is 1. The van der Waals surface area contributed by atoms with E-state index in [0.29, 0.717) is 23.4 Å². The second-order valence-corrected chi connectivity index (χ2v) is 6.73. The van der Waals surface area contributed by atoms with E-state index in [0.717, 1.165) is 11.3 Å². The van der Waals surface area contributed by atoms with Crippen LogP contribution in [0.4, 0.5) is 5.69 Å².